The third kappa shape index (κ3) is 2.89. The molecule has 2 aromatic heterocycles. The van der Waals surface area contributed by atoms with Crippen LogP contribution in [0.4, 0.5) is 0 Å². The molecule has 2 heterocycles. The molecule has 0 aliphatic heterocycles. The number of ether oxygens (including phenoxy) is 1. The number of pyridine rings is 1. The Bertz CT molecular complexity index is 649. The van der Waals surface area contributed by atoms with Crippen molar-refractivity contribution in [2.75, 3.05) is 7.11 Å². The van der Waals surface area contributed by atoms with Crippen LogP contribution in [-0.4, -0.2) is 38.7 Å². The molecule has 0 unspecified atom stereocenters. The second-order valence-corrected chi connectivity index (χ2v) is 5.25. The molecule has 21 heavy (non-hydrogen) atoms. The van der Waals surface area contributed by atoms with Crippen molar-refractivity contribution < 1.29 is 9.53 Å². The Morgan fingerprint density at radius 3 is 2.95 bits per heavy atom. The van der Waals surface area contributed by atoms with Crippen LogP contribution < -0.4 is 4.74 Å². The first kappa shape index (κ1) is 13.6. The lowest BCUT2D eigenvalue weighted by Crippen LogP contribution is -2.32. The van der Waals surface area contributed by atoms with Gasteiger partial charge in [0.25, 0.3) is 5.91 Å². The fraction of sp³-hybridized carbons (Fsp3) is 0.400. The number of amides is 1. The van der Waals surface area contributed by atoms with Gasteiger partial charge < -0.3 is 9.64 Å². The van der Waals surface area contributed by atoms with Gasteiger partial charge in [-0.2, -0.15) is 5.10 Å². The van der Waals surface area contributed by atoms with Crippen molar-refractivity contribution in [1.29, 1.82) is 0 Å². The number of carbonyl (C=O) groups excluding carboxylic acids is 1. The summed E-state index contributed by atoms with van der Waals surface area (Å²) >= 11 is 0. The molecule has 0 aromatic carbocycles. The van der Waals surface area contributed by atoms with Crippen LogP contribution in [0.1, 0.15) is 28.8 Å². The zero-order chi connectivity index (χ0) is 14.8. The van der Waals surface area contributed by atoms with E-state index in [1.54, 1.807) is 29.2 Å². The Labute approximate surface area is 123 Å². The van der Waals surface area contributed by atoms with E-state index in [0.717, 1.165) is 18.4 Å². The number of hydrogen-bond donors (Lipinski definition) is 0. The Kier molecular flexibility index (Phi) is 3.60. The second kappa shape index (κ2) is 5.55. The lowest BCUT2D eigenvalue weighted by molar-refractivity contribution is 0.0725. The number of aryl methyl sites for hydroxylation is 1. The summed E-state index contributed by atoms with van der Waals surface area (Å²) in [5.41, 5.74) is 1.54. The molecule has 0 saturated heterocycles. The van der Waals surface area contributed by atoms with Crippen LogP contribution in [0.5, 0.6) is 5.88 Å². The zero-order valence-electron chi connectivity index (χ0n) is 12.2. The van der Waals surface area contributed by atoms with E-state index in [9.17, 15) is 4.79 Å². The largest absolute Gasteiger partial charge is 0.480 e. The minimum Gasteiger partial charge on any atom is -0.480 e. The fourth-order valence-corrected chi connectivity index (χ4v) is 2.37. The number of aromatic nitrogens is 3. The standard InChI is InChI=1S/C15H18N4O2/c1-18-9-11(8-17-18)10-19(12-5-6-12)15(20)13-4-3-7-16-14(13)21-2/h3-4,7-9,12H,5-6,10H2,1-2H3. The molecule has 2 aromatic rings. The summed E-state index contributed by atoms with van der Waals surface area (Å²) < 4.78 is 6.94. The highest BCUT2D eigenvalue weighted by atomic mass is 16.5. The number of nitrogens with zero attached hydrogens (tertiary/aromatic N) is 4. The summed E-state index contributed by atoms with van der Waals surface area (Å²) in [6.07, 6.45) is 7.45. The van der Waals surface area contributed by atoms with Crippen molar-refractivity contribution in [2.45, 2.75) is 25.4 Å². The van der Waals surface area contributed by atoms with E-state index in [1.165, 1.54) is 7.11 Å². The Hall–Kier alpha value is -2.37. The van der Waals surface area contributed by atoms with Gasteiger partial charge >= 0.3 is 0 Å². The summed E-state index contributed by atoms with van der Waals surface area (Å²) in [7, 11) is 3.40. The van der Waals surface area contributed by atoms with E-state index in [2.05, 4.69) is 10.1 Å². The molecule has 0 atom stereocenters. The fourth-order valence-electron chi connectivity index (χ4n) is 2.37. The highest BCUT2D eigenvalue weighted by Gasteiger charge is 2.34. The molecule has 6 nitrogen and oxygen atoms in total. The van der Waals surface area contributed by atoms with Gasteiger partial charge in [-0.3, -0.25) is 9.48 Å². The van der Waals surface area contributed by atoms with Crippen molar-refractivity contribution in [3.8, 4) is 5.88 Å². The SMILES string of the molecule is COc1ncccc1C(=O)N(Cc1cnn(C)c1)C1CC1. The average Bonchev–Trinajstić information content (AvgIpc) is 3.26. The molecule has 110 valence electrons. The Balaban J connectivity index is 1.85. The van der Waals surface area contributed by atoms with Crippen LogP contribution in [0.25, 0.3) is 0 Å². The van der Waals surface area contributed by atoms with Gasteiger partial charge in [0.2, 0.25) is 5.88 Å². The molecule has 0 radical (unpaired) electrons. The summed E-state index contributed by atoms with van der Waals surface area (Å²) in [5.74, 6) is 0.339. The molecule has 1 saturated carbocycles. The molecule has 1 amide bonds. The molecule has 1 aliphatic rings. The molecule has 0 bridgehead atoms. The molecular formula is C15H18N4O2. The van der Waals surface area contributed by atoms with Gasteiger partial charge in [-0.05, 0) is 25.0 Å². The summed E-state index contributed by atoms with van der Waals surface area (Å²) in [5, 5.41) is 4.16. The Morgan fingerprint density at radius 2 is 2.33 bits per heavy atom. The van der Waals surface area contributed by atoms with Crippen LogP contribution in [0, 0.1) is 0 Å². The molecule has 6 heteroatoms. The van der Waals surface area contributed by atoms with Crippen molar-refractivity contribution in [2.24, 2.45) is 7.05 Å². The van der Waals surface area contributed by atoms with E-state index in [1.807, 2.05) is 18.1 Å². The van der Waals surface area contributed by atoms with Gasteiger partial charge in [-0.25, -0.2) is 4.98 Å². The van der Waals surface area contributed by atoms with E-state index in [4.69, 9.17) is 4.74 Å². The molecule has 3 rings (SSSR count). The van der Waals surface area contributed by atoms with Crippen LogP contribution in [-0.2, 0) is 13.6 Å². The third-order valence-electron chi connectivity index (χ3n) is 3.55. The highest BCUT2D eigenvalue weighted by Crippen LogP contribution is 2.31. The second-order valence-electron chi connectivity index (χ2n) is 5.25. The predicted octanol–water partition coefficient (Wildman–Crippen LogP) is 1.63. The van der Waals surface area contributed by atoms with Crippen LogP contribution >= 0.6 is 0 Å². The first-order chi connectivity index (χ1) is 10.2. The first-order valence-electron chi connectivity index (χ1n) is 6.96. The predicted molar refractivity (Wildman–Crippen MR) is 76.9 cm³/mol. The molecule has 1 aliphatic carbocycles. The normalized spacial score (nSPS) is 14.0. The number of rotatable bonds is 5. The average molecular weight is 286 g/mol. The first-order valence-corrected chi connectivity index (χ1v) is 6.96. The van der Waals surface area contributed by atoms with Crippen molar-refractivity contribution in [3.63, 3.8) is 0 Å². The van der Waals surface area contributed by atoms with Gasteiger partial charge in [-0.15, -0.1) is 0 Å². The lowest BCUT2D eigenvalue weighted by Gasteiger charge is -2.22. The van der Waals surface area contributed by atoms with Gasteiger partial charge in [0.1, 0.15) is 5.56 Å². The van der Waals surface area contributed by atoms with E-state index < -0.39 is 0 Å². The third-order valence-corrected chi connectivity index (χ3v) is 3.55. The summed E-state index contributed by atoms with van der Waals surface area (Å²) in [6, 6.07) is 3.82. The highest BCUT2D eigenvalue weighted by molar-refractivity contribution is 5.96. The molecule has 0 spiro atoms. The van der Waals surface area contributed by atoms with Gasteiger partial charge in [0, 0.05) is 37.6 Å². The number of methoxy groups -OCH3 is 1. The van der Waals surface area contributed by atoms with Crippen molar-refractivity contribution in [3.05, 3.63) is 41.9 Å². The quantitative estimate of drug-likeness (QED) is 0.838. The van der Waals surface area contributed by atoms with E-state index >= 15 is 0 Å². The summed E-state index contributed by atoms with van der Waals surface area (Å²) in [6.45, 7) is 0.565. The smallest absolute Gasteiger partial charge is 0.259 e. The Morgan fingerprint density at radius 1 is 1.52 bits per heavy atom. The van der Waals surface area contributed by atoms with Gasteiger partial charge in [-0.1, -0.05) is 0 Å². The van der Waals surface area contributed by atoms with E-state index in [-0.39, 0.29) is 5.91 Å². The minimum atomic E-state index is -0.0358. The maximum absolute atomic E-state index is 12.8. The van der Waals surface area contributed by atoms with Crippen LogP contribution in [0.15, 0.2) is 30.7 Å². The molecular weight excluding hydrogens is 268 g/mol. The number of hydrogen-bond acceptors (Lipinski definition) is 4. The maximum Gasteiger partial charge on any atom is 0.259 e. The summed E-state index contributed by atoms with van der Waals surface area (Å²) in [4.78, 5) is 18.8. The van der Waals surface area contributed by atoms with Gasteiger partial charge in [0.15, 0.2) is 0 Å². The zero-order valence-corrected chi connectivity index (χ0v) is 12.2. The number of carbonyl (C=O) groups is 1. The topological polar surface area (TPSA) is 60.2 Å². The molecule has 0 N–H and O–H groups in total. The van der Waals surface area contributed by atoms with Crippen molar-refractivity contribution >= 4 is 5.91 Å². The monoisotopic (exact) mass is 286 g/mol. The van der Waals surface area contributed by atoms with Crippen LogP contribution in [0.3, 0.4) is 0 Å². The van der Waals surface area contributed by atoms with Crippen molar-refractivity contribution in [1.82, 2.24) is 19.7 Å². The van der Waals surface area contributed by atoms with Crippen LogP contribution in [0.2, 0.25) is 0 Å². The van der Waals surface area contributed by atoms with Gasteiger partial charge in [0.05, 0.1) is 13.3 Å². The minimum absolute atomic E-state index is 0.0358. The molecule has 1 fully saturated rings. The lowest BCUT2D eigenvalue weighted by atomic mass is 10.2. The maximum atomic E-state index is 12.8. The van der Waals surface area contributed by atoms with E-state index in [0.29, 0.717) is 24.0 Å².